The van der Waals surface area contributed by atoms with Gasteiger partial charge < -0.3 is 5.11 Å². The number of carboxylic acids is 1. The van der Waals surface area contributed by atoms with Gasteiger partial charge >= 0.3 is 12.1 Å². The van der Waals surface area contributed by atoms with E-state index in [1.165, 1.54) is 30.6 Å². The van der Waals surface area contributed by atoms with E-state index in [9.17, 15) is 23.1 Å². The van der Waals surface area contributed by atoms with Crippen molar-refractivity contribution < 1.29 is 23.1 Å². The second-order valence-corrected chi connectivity index (χ2v) is 5.75. The summed E-state index contributed by atoms with van der Waals surface area (Å²) in [6.45, 7) is 0. The summed E-state index contributed by atoms with van der Waals surface area (Å²) in [6, 6.07) is 9.37. The molecule has 2 aromatic heterocycles. The Kier molecular flexibility index (Phi) is 3.43. The molecule has 0 spiro atoms. The predicted octanol–water partition coefficient (Wildman–Crippen LogP) is 4.27. The van der Waals surface area contributed by atoms with Gasteiger partial charge in [-0.15, -0.1) is 10.2 Å². The van der Waals surface area contributed by atoms with Gasteiger partial charge in [-0.05, 0) is 35.2 Å². The van der Waals surface area contributed by atoms with Gasteiger partial charge in [0.2, 0.25) is 0 Å². The van der Waals surface area contributed by atoms with Crippen LogP contribution in [0.2, 0.25) is 0 Å². The molecular formula is C18H10F3N3O2. The van der Waals surface area contributed by atoms with Gasteiger partial charge in [-0.2, -0.15) is 13.2 Å². The SMILES string of the molecule is O=C(O)c1ccc2c(-c3ccc(C(F)(F)F)cc3)cn3cnnc3c2c1. The molecule has 26 heavy (non-hydrogen) atoms. The maximum absolute atomic E-state index is 12.8. The van der Waals surface area contributed by atoms with Crippen molar-refractivity contribution in [2.45, 2.75) is 6.18 Å². The summed E-state index contributed by atoms with van der Waals surface area (Å²) < 4.78 is 40.0. The molecule has 0 aliphatic heterocycles. The minimum absolute atomic E-state index is 0.0898. The van der Waals surface area contributed by atoms with E-state index in [1.807, 2.05) is 0 Å². The molecule has 0 aliphatic carbocycles. The Morgan fingerprint density at radius 3 is 2.42 bits per heavy atom. The van der Waals surface area contributed by atoms with Gasteiger partial charge in [0.1, 0.15) is 6.33 Å². The molecule has 130 valence electrons. The normalized spacial score (nSPS) is 12.0. The molecule has 4 aromatic rings. The monoisotopic (exact) mass is 357 g/mol. The third-order valence-electron chi connectivity index (χ3n) is 4.16. The lowest BCUT2D eigenvalue weighted by molar-refractivity contribution is -0.137. The van der Waals surface area contributed by atoms with Crippen LogP contribution in [0.5, 0.6) is 0 Å². The van der Waals surface area contributed by atoms with Crippen molar-refractivity contribution in [1.82, 2.24) is 14.6 Å². The van der Waals surface area contributed by atoms with Crippen LogP contribution in [0.4, 0.5) is 13.2 Å². The van der Waals surface area contributed by atoms with Crippen molar-refractivity contribution >= 4 is 22.4 Å². The Morgan fingerprint density at radius 1 is 1.04 bits per heavy atom. The highest BCUT2D eigenvalue weighted by Gasteiger charge is 2.30. The molecule has 8 heteroatoms. The quantitative estimate of drug-likeness (QED) is 0.582. The number of hydrogen-bond donors (Lipinski definition) is 1. The summed E-state index contributed by atoms with van der Waals surface area (Å²) in [4.78, 5) is 11.3. The molecule has 2 heterocycles. The summed E-state index contributed by atoms with van der Waals surface area (Å²) in [5, 5.41) is 18.3. The molecule has 1 N–H and O–H groups in total. The van der Waals surface area contributed by atoms with Gasteiger partial charge in [-0.25, -0.2) is 4.79 Å². The van der Waals surface area contributed by atoms with Crippen LogP contribution in [-0.2, 0) is 6.18 Å². The smallest absolute Gasteiger partial charge is 0.416 e. The summed E-state index contributed by atoms with van der Waals surface area (Å²) >= 11 is 0. The Labute approximate surface area is 144 Å². The van der Waals surface area contributed by atoms with Gasteiger partial charge in [0, 0.05) is 17.1 Å². The van der Waals surface area contributed by atoms with Crippen LogP contribution >= 0.6 is 0 Å². The molecule has 0 bridgehead atoms. The van der Waals surface area contributed by atoms with Gasteiger partial charge in [-0.1, -0.05) is 18.2 Å². The molecular weight excluding hydrogens is 347 g/mol. The van der Waals surface area contributed by atoms with Crippen molar-refractivity contribution in [3.8, 4) is 11.1 Å². The van der Waals surface area contributed by atoms with Crippen molar-refractivity contribution in [3.63, 3.8) is 0 Å². The molecule has 0 atom stereocenters. The average Bonchev–Trinajstić information content (AvgIpc) is 3.08. The molecule has 0 amide bonds. The fourth-order valence-corrected chi connectivity index (χ4v) is 2.90. The van der Waals surface area contributed by atoms with Crippen LogP contribution < -0.4 is 0 Å². The van der Waals surface area contributed by atoms with Crippen molar-refractivity contribution in [1.29, 1.82) is 0 Å². The third kappa shape index (κ3) is 2.55. The van der Waals surface area contributed by atoms with Crippen molar-refractivity contribution in [2.24, 2.45) is 0 Å². The number of rotatable bonds is 2. The number of aromatic nitrogens is 3. The molecule has 0 unspecified atom stereocenters. The first kappa shape index (κ1) is 16.1. The average molecular weight is 357 g/mol. The van der Waals surface area contributed by atoms with E-state index in [1.54, 1.807) is 16.7 Å². The highest BCUT2D eigenvalue weighted by molar-refractivity contribution is 6.06. The second kappa shape index (κ2) is 5.55. The van der Waals surface area contributed by atoms with E-state index in [2.05, 4.69) is 10.2 Å². The predicted molar refractivity (Wildman–Crippen MR) is 87.9 cm³/mol. The first-order chi connectivity index (χ1) is 12.3. The van der Waals surface area contributed by atoms with Crippen LogP contribution in [0, 0.1) is 0 Å². The maximum atomic E-state index is 12.8. The fourth-order valence-electron chi connectivity index (χ4n) is 2.90. The highest BCUT2D eigenvalue weighted by atomic mass is 19.4. The zero-order chi connectivity index (χ0) is 18.5. The van der Waals surface area contributed by atoms with Crippen LogP contribution in [0.15, 0.2) is 55.0 Å². The Bertz CT molecular complexity index is 1150. The fraction of sp³-hybridized carbons (Fsp3) is 0.0556. The van der Waals surface area contributed by atoms with Crippen LogP contribution in [-0.4, -0.2) is 25.7 Å². The third-order valence-corrected chi connectivity index (χ3v) is 4.16. The highest BCUT2D eigenvalue weighted by Crippen LogP contribution is 2.34. The molecule has 0 aliphatic rings. The summed E-state index contributed by atoms with van der Waals surface area (Å²) in [5.74, 6) is -1.08. The topological polar surface area (TPSA) is 67.5 Å². The summed E-state index contributed by atoms with van der Waals surface area (Å²) in [7, 11) is 0. The number of carboxylic acid groups (broad SMARTS) is 1. The number of aromatic carboxylic acids is 1. The lowest BCUT2D eigenvalue weighted by atomic mass is 9.98. The van der Waals surface area contributed by atoms with Crippen molar-refractivity contribution in [2.75, 3.05) is 0 Å². The number of nitrogens with zero attached hydrogens (tertiary/aromatic N) is 3. The van der Waals surface area contributed by atoms with E-state index in [-0.39, 0.29) is 5.56 Å². The van der Waals surface area contributed by atoms with E-state index in [4.69, 9.17) is 0 Å². The first-order valence-electron chi connectivity index (χ1n) is 7.51. The second-order valence-electron chi connectivity index (χ2n) is 5.75. The number of halogens is 3. The van der Waals surface area contributed by atoms with Crippen LogP contribution in [0.1, 0.15) is 15.9 Å². The first-order valence-corrected chi connectivity index (χ1v) is 7.51. The zero-order valence-corrected chi connectivity index (χ0v) is 13.0. The number of fused-ring (bicyclic) bond motifs is 3. The number of hydrogen-bond acceptors (Lipinski definition) is 3. The van der Waals surface area contributed by atoms with E-state index < -0.39 is 17.7 Å². The van der Waals surface area contributed by atoms with Gasteiger partial charge in [0.05, 0.1) is 11.1 Å². The molecule has 0 saturated heterocycles. The van der Waals surface area contributed by atoms with Crippen molar-refractivity contribution in [3.05, 3.63) is 66.1 Å². The van der Waals surface area contributed by atoms with E-state index in [0.29, 0.717) is 27.5 Å². The van der Waals surface area contributed by atoms with Gasteiger partial charge in [0.25, 0.3) is 0 Å². The molecule has 0 fully saturated rings. The lowest BCUT2D eigenvalue weighted by Crippen LogP contribution is -2.04. The summed E-state index contributed by atoms with van der Waals surface area (Å²) in [5.41, 5.74) is 1.05. The largest absolute Gasteiger partial charge is 0.478 e. The molecule has 0 radical (unpaired) electrons. The van der Waals surface area contributed by atoms with E-state index >= 15 is 0 Å². The van der Waals surface area contributed by atoms with Gasteiger partial charge in [-0.3, -0.25) is 4.40 Å². The number of benzene rings is 2. The lowest BCUT2D eigenvalue weighted by Gasteiger charge is -2.11. The minimum atomic E-state index is -4.41. The number of alkyl halides is 3. The zero-order valence-electron chi connectivity index (χ0n) is 13.0. The molecule has 2 aromatic carbocycles. The standard InChI is InChI=1S/C18H10F3N3O2/c19-18(20,21)12-4-1-10(2-5-12)15-8-24-9-22-23-16(24)14-7-11(17(25)26)3-6-13(14)15/h1-9H,(H,25,26). The van der Waals surface area contributed by atoms with Crippen LogP contribution in [0.3, 0.4) is 0 Å². The van der Waals surface area contributed by atoms with Crippen LogP contribution in [0.25, 0.3) is 27.5 Å². The Hall–Kier alpha value is -3.42. The molecule has 0 saturated carbocycles. The van der Waals surface area contributed by atoms with E-state index in [0.717, 1.165) is 12.1 Å². The maximum Gasteiger partial charge on any atom is 0.416 e. The Morgan fingerprint density at radius 2 is 1.77 bits per heavy atom. The minimum Gasteiger partial charge on any atom is -0.478 e. The molecule has 5 nitrogen and oxygen atoms in total. The molecule has 4 rings (SSSR count). The number of carbonyl (C=O) groups is 1. The van der Waals surface area contributed by atoms with Gasteiger partial charge in [0.15, 0.2) is 5.65 Å². The number of pyridine rings is 1. The Balaban J connectivity index is 1.98. The summed E-state index contributed by atoms with van der Waals surface area (Å²) in [6.07, 6.45) is -1.24.